The summed E-state index contributed by atoms with van der Waals surface area (Å²) in [5.41, 5.74) is 1.01. The van der Waals surface area contributed by atoms with Crippen molar-refractivity contribution in [2.24, 2.45) is 0 Å². The van der Waals surface area contributed by atoms with Gasteiger partial charge < -0.3 is 5.11 Å². The summed E-state index contributed by atoms with van der Waals surface area (Å²) in [5, 5.41) is 9.33. The molecule has 1 heterocycles. The van der Waals surface area contributed by atoms with Gasteiger partial charge in [-0.3, -0.25) is 4.98 Å². The molecule has 0 aromatic carbocycles. The van der Waals surface area contributed by atoms with E-state index in [9.17, 15) is 5.11 Å². The third-order valence-electron chi connectivity index (χ3n) is 1.55. The van der Waals surface area contributed by atoms with E-state index in [1.165, 1.54) is 0 Å². The number of hydrogen-bond donors (Lipinski definition) is 1. The van der Waals surface area contributed by atoms with Crippen LogP contribution in [-0.4, -0.2) is 16.2 Å². The first kappa shape index (κ1) is 8.76. The van der Waals surface area contributed by atoms with Crippen molar-refractivity contribution in [2.75, 3.05) is 0 Å². The van der Waals surface area contributed by atoms with Crippen molar-refractivity contribution in [1.82, 2.24) is 4.98 Å². The van der Waals surface area contributed by atoms with Gasteiger partial charge in [0, 0.05) is 25.2 Å². The van der Waals surface area contributed by atoms with Crippen molar-refractivity contribution in [3.8, 4) is 12.3 Å². The molecule has 2 heteroatoms. The zero-order chi connectivity index (χ0) is 8.81. The van der Waals surface area contributed by atoms with Crippen molar-refractivity contribution in [1.29, 1.82) is 0 Å². The normalized spacial score (nSPS) is 12.0. The minimum absolute atomic E-state index is 0.398. The zero-order valence-corrected chi connectivity index (χ0v) is 6.77. The number of nitrogens with zero attached hydrogens (tertiary/aromatic N) is 1. The second kappa shape index (κ2) is 4.53. The zero-order valence-electron chi connectivity index (χ0n) is 6.77. The number of aliphatic hydroxyl groups is 1. The molecule has 0 saturated carbocycles. The Labute approximate surface area is 72.3 Å². The molecule has 12 heavy (non-hydrogen) atoms. The molecule has 1 rings (SSSR count). The van der Waals surface area contributed by atoms with E-state index in [1.54, 1.807) is 12.4 Å². The van der Waals surface area contributed by atoms with Gasteiger partial charge in [0.1, 0.15) is 0 Å². The average molecular weight is 161 g/mol. The molecular weight excluding hydrogens is 150 g/mol. The summed E-state index contributed by atoms with van der Waals surface area (Å²) in [6, 6.07) is 3.77. The van der Waals surface area contributed by atoms with Gasteiger partial charge in [-0.1, -0.05) is 6.07 Å². The van der Waals surface area contributed by atoms with Gasteiger partial charge in [0.2, 0.25) is 0 Å². The Morgan fingerprint density at radius 1 is 1.67 bits per heavy atom. The SMILES string of the molecule is C#CCC(O)Cc1cccnc1. The fourth-order valence-electron chi connectivity index (χ4n) is 0.999. The first-order chi connectivity index (χ1) is 5.83. The number of aromatic nitrogens is 1. The fourth-order valence-corrected chi connectivity index (χ4v) is 0.999. The molecule has 0 bridgehead atoms. The van der Waals surface area contributed by atoms with Crippen LogP contribution in [0.2, 0.25) is 0 Å². The number of aliphatic hydroxyl groups excluding tert-OH is 1. The second-order valence-corrected chi connectivity index (χ2v) is 2.63. The Kier molecular flexibility index (Phi) is 3.31. The Hall–Kier alpha value is -1.33. The number of hydrogen-bond acceptors (Lipinski definition) is 2. The van der Waals surface area contributed by atoms with Crippen molar-refractivity contribution in [3.63, 3.8) is 0 Å². The highest BCUT2D eigenvalue weighted by Gasteiger charge is 2.02. The monoisotopic (exact) mass is 161 g/mol. The molecule has 0 amide bonds. The predicted octanol–water partition coefficient (Wildman–Crippen LogP) is 1.01. The lowest BCUT2D eigenvalue weighted by Crippen LogP contribution is -2.08. The summed E-state index contributed by atoms with van der Waals surface area (Å²) >= 11 is 0. The van der Waals surface area contributed by atoms with Gasteiger partial charge in [-0.2, -0.15) is 0 Å². The van der Waals surface area contributed by atoms with E-state index in [2.05, 4.69) is 10.9 Å². The highest BCUT2D eigenvalue weighted by Crippen LogP contribution is 2.02. The third-order valence-corrected chi connectivity index (χ3v) is 1.55. The summed E-state index contributed by atoms with van der Waals surface area (Å²) in [6.07, 6.45) is 9.03. The predicted molar refractivity (Wildman–Crippen MR) is 47.4 cm³/mol. The van der Waals surface area contributed by atoms with Crippen molar-refractivity contribution >= 4 is 0 Å². The van der Waals surface area contributed by atoms with Crippen LogP contribution in [-0.2, 0) is 6.42 Å². The number of pyridine rings is 1. The molecule has 0 fully saturated rings. The minimum Gasteiger partial charge on any atom is -0.392 e. The summed E-state index contributed by atoms with van der Waals surface area (Å²) in [5.74, 6) is 2.42. The maximum Gasteiger partial charge on any atom is 0.0690 e. The minimum atomic E-state index is -0.445. The Balaban J connectivity index is 2.48. The Morgan fingerprint density at radius 2 is 2.50 bits per heavy atom. The van der Waals surface area contributed by atoms with Crippen LogP contribution in [0, 0.1) is 12.3 Å². The molecule has 62 valence electrons. The van der Waals surface area contributed by atoms with E-state index < -0.39 is 6.10 Å². The molecule has 1 N–H and O–H groups in total. The lowest BCUT2D eigenvalue weighted by molar-refractivity contribution is 0.180. The molecule has 1 aromatic heterocycles. The van der Waals surface area contributed by atoms with E-state index in [-0.39, 0.29) is 0 Å². The highest BCUT2D eigenvalue weighted by atomic mass is 16.3. The van der Waals surface area contributed by atoms with Gasteiger partial charge in [-0.05, 0) is 11.6 Å². The van der Waals surface area contributed by atoms with Crippen LogP contribution in [0.1, 0.15) is 12.0 Å². The van der Waals surface area contributed by atoms with Crippen LogP contribution in [0.3, 0.4) is 0 Å². The van der Waals surface area contributed by atoms with E-state index in [4.69, 9.17) is 6.42 Å². The van der Waals surface area contributed by atoms with Crippen molar-refractivity contribution in [3.05, 3.63) is 30.1 Å². The summed E-state index contributed by atoms with van der Waals surface area (Å²) in [6.45, 7) is 0. The first-order valence-corrected chi connectivity index (χ1v) is 3.83. The van der Waals surface area contributed by atoms with Gasteiger partial charge in [0.15, 0.2) is 0 Å². The summed E-state index contributed by atoms with van der Waals surface area (Å²) in [7, 11) is 0. The largest absolute Gasteiger partial charge is 0.392 e. The second-order valence-electron chi connectivity index (χ2n) is 2.63. The van der Waals surface area contributed by atoms with Crippen LogP contribution in [0.4, 0.5) is 0 Å². The van der Waals surface area contributed by atoms with Gasteiger partial charge in [-0.25, -0.2) is 0 Å². The molecular formula is C10H11NO. The first-order valence-electron chi connectivity index (χ1n) is 3.83. The topological polar surface area (TPSA) is 33.1 Å². The number of terminal acetylenes is 1. The van der Waals surface area contributed by atoms with Crippen LogP contribution in [0.15, 0.2) is 24.5 Å². The van der Waals surface area contributed by atoms with Crippen LogP contribution >= 0.6 is 0 Å². The quantitative estimate of drug-likeness (QED) is 0.671. The average Bonchev–Trinajstić information content (AvgIpc) is 2.06. The fraction of sp³-hybridized carbons (Fsp3) is 0.300. The van der Waals surface area contributed by atoms with E-state index in [0.717, 1.165) is 5.56 Å². The smallest absolute Gasteiger partial charge is 0.0690 e. The maximum absolute atomic E-state index is 9.33. The molecule has 1 aromatic rings. The molecule has 0 aliphatic rings. The standard InChI is InChI=1S/C10H11NO/c1-2-4-10(12)7-9-5-3-6-11-8-9/h1,3,5-6,8,10,12H,4,7H2. The molecule has 2 nitrogen and oxygen atoms in total. The summed E-state index contributed by atoms with van der Waals surface area (Å²) < 4.78 is 0. The van der Waals surface area contributed by atoms with Crippen LogP contribution in [0.5, 0.6) is 0 Å². The van der Waals surface area contributed by atoms with Crippen LogP contribution in [0.25, 0.3) is 0 Å². The van der Waals surface area contributed by atoms with Crippen molar-refractivity contribution in [2.45, 2.75) is 18.9 Å². The maximum atomic E-state index is 9.33. The van der Waals surface area contributed by atoms with E-state index in [1.807, 2.05) is 12.1 Å². The van der Waals surface area contributed by atoms with Gasteiger partial charge in [0.25, 0.3) is 0 Å². The molecule has 0 spiro atoms. The van der Waals surface area contributed by atoms with E-state index >= 15 is 0 Å². The lowest BCUT2D eigenvalue weighted by atomic mass is 10.1. The molecule has 0 saturated heterocycles. The Bertz CT molecular complexity index is 263. The van der Waals surface area contributed by atoms with Crippen molar-refractivity contribution < 1.29 is 5.11 Å². The lowest BCUT2D eigenvalue weighted by Gasteiger charge is -2.05. The number of rotatable bonds is 3. The van der Waals surface area contributed by atoms with Gasteiger partial charge in [-0.15, -0.1) is 12.3 Å². The molecule has 1 unspecified atom stereocenters. The molecule has 0 aliphatic carbocycles. The molecule has 0 radical (unpaired) electrons. The van der Waals surface area contributed by atoms with E-state index in [0.29, 0.717) is 12.8 Å². The summed E-state index contributed by atoms with van der Waals surface area (Å²) in [4.78, 5) is 3.94. The Morgan fingerprint density at radius 3 is 3.08 bits per heavy atom. The van der Waals surface area contributed by atoms with Gasteiger partial charge in [0.05, 0.1) is 6.10 Å². The van der Waals surface area contributed by atoms with Crippen LogP contribution < -0.4 is 0 Å². The molecule has 0 aliphatic heterocycles. The third kappa shape index (κ3) is 2.73. The molecule has 1 atom stereocenters. The highest BCUT2D eigenvalue weighted by molar-refractivity contribution is 5.10. The van der Waals surface area contributed by atoms with Gasteiger partial charge >= 0.3 is 0 Å².